The van der Waals surface area contributed by atoms with E-state index in [1.165, 1.54) is 20.9 Å². The molecule has 94 valence electrons. The summed E-state index contributed by atoms with van der Waals surface area (Å²) in [4.78, 5) is 2.87. The molecule has 2 nitrogen and oxygen atoms in total. The molecule has 2 aromatic rings. The second-order valence-corrected chi connectivity index (χ2v) is 5.91. The second-order valence-electron chi connectivity index (χ2n) is 4.78. The van der Waals surface area contributed by atoms with E-state index in [9.17, 15) is 0 Å². The molecule has 1 N–H and O–H groups in total. The minimum Gasteiger partial charge on any atom is -0.497 e. The van der Waals surface area contributed by atoms with E-state index in [2.05, 4.69) is 30.4 Å². The summed E-state index contributed by atoms with van der Waals surface area (Å²) in [5.41, 5.74) is 2.71. The van der Waals surface area contributed by atoms with Gasteiger partial charge in [0.15, 0.2) is 0 Å². The van der Waals surface area contributed by atoms with Gasteiger partial charge in [-0.25, -0.2) is 0 Å². The van der Waals surface area contributed by atoms with Crippen LogP contribution in [0.5, 0.6) is 5.75 Å². The van der Waals surface area contributed by atoms with Crippen LogP contribution in [0.15, 0.2) is 30.3 Å². The third-order valence-corrected chi connectivity index (χ3v) is 4.63. The molecular formula is C15H17NOS. The monoisotopic (exact) mass is 259 g/mol. The van der Waals surface area contributed by atoms with Gasteiger partial charge >= 0.3 is 0 Å². The quantitative estimate of drug-likeness (QED) is 0.892. The maximum Gasteiger partial charge on any atom is 0.119 e. The van der Waals surface area contributed by atoms with Gasteiger partial charge in [-0.15, -0.1) is 11.3 Å². The van der Waals surface area contributed by atoms with Crippen molar-refractivity contribution in [2.45, 2.75) is 25.9 Å². The third-order valence-electron chi connectivity index (χ3n) is 3.38. The molecular weight excluding hydrogens is 242 g/mol. The highest BCUT2D eigenvalue weighted by Gasteiger charge is 2.18. The topological polar surface area (TPSA) is 21.3 Å². The van der Waals surface area contributed by atoms with Crippen molar-refractivity contribution in [3.63, 3.8) is 0 Å². The number of benzene rings is 1. The third kappa shape index (κ3) is 2.16. The molecule has 0 aliphatic carbocycles. The Hall–Kier alpha value is -1.32. The van der Waals surface area contributed by atoms with Crippen LogP contribution >= 0.6 is 11.3 Å². The van der Waals surface area contributed by atoms with Crippen LogP contribution in [-0.2, 0) is 13.0 Å². The van der Waals surface area contributed by atoms with E-state index in [-0.39, 0.29) is 0 Å². The van der Waals surface area contributed by atoms with Crippen molar-refractivity contribution >= 4 is 11.3 Å². The van der Waals surface area contributed by atoms with Crippen molar-refractivity contribution in [3.8, 4) is 16.2 Å². The zero-order valence-corrected chi connectivity index (χ0v) is 11.5. The summed E-state index contributed by atoms with van der Waals surface area (Å²) >= 11 is 1.92. The Labute approximate surface area is 112 Å². The lowest BCUT2D eigenvalue weighted by molar-refractivity contribution is 0.415. The Bertz CT molecular complexity index is 561. The van der Waals surface area contributed by atoms with Crippen molar-refractivity contribution in [1.82, 2.24) is 5.32 Å². The van der Waals surface area contributed by atoms with Crippen molar-refractivity contribution < 1.29 is 4.74 Å². The fourth-order valence-corrected chi connectivity index (χ4v) is 3.65. The number of hydrogen-bond acceptors (Lipinski definition) is 3. The summed E-state index contributed by atoms with van der Waals surface area (Å²) in [7, 11) is 1.71. The Morgan fingerprint density at radius 3 is 3.06 bits per heavy atom. The Kier molecular flexibility index (Phi) is 3.10. The van der Waals surface area contributed by atoms with Gasteiger partial charge in [0.05, 0.1) is 7.11 Å². The molecule has 0 bridgehead atoms. The Balaban J connectivity index is 1.97. The van der Waals surface area contributed by atoms with Crippen LogP contribution in [0.1, 0.15) is 17.4 Å². The minimum atomic E-state index is 0.592. The second kappa shape index (κ2) is 4.75. The summed E-state index contributed by atoms with van der Waals surface area (Å²) < 4.78 is 5.29. The molecule has 1 aromatic carbocycles. The highest BCUT2D eigenvalue weighted by molar-refractivity contribution is 7.15. The number of thiophene rings is 1. The number of ether oxygens (including phenoxy) is 1. The van der Waals surface area contributed by atoms with Crippen molar-refractivity contribution in [2.75, 3.05) is 7.11 Å². The average molecular weight is 259 g/mol. The largest absolute Gasteiger partial charge is 0.497 e. The lowest BCUT2D eigenvalue weighted by Crippen LogP contribution is -2.31. The van der Waals surface area contributed by atoms with Crippen LogP contribution in [-0.4, -0.2) is 13.2 Å². The van der Waals surface area contributed by atoms with Crippen LogP contribution in [0.4, 0.5) is 0 Å². The van der Waals surface area contributed by atoms with E-state index in [1.807, 2.05) is 23.5 Å². The van der Waals surface area contributed by atoms with E-state index in [1.54, 1.807) is 7.11 Å². The van der Waals surface area contributed by atoms with Crippen LogP contribution in [0.3, 0.4) is 0 Å². The van der Waals surface area contributed by atoms with E-state index in [4.69, 9.17) is 4.74 Å². The van der Waals surface area contributed by atoms with Crippen LogP contribution in [0, 0.1) is 0 Å². The van der Waals surface area contributed by atoms with Crippen molar-refractivity contribution in [2.24, 2.45) is 0 Å². The first-order chi connectivity index (χ1) is 8.76. The van der Waals surface area contributed by atoms with Gasteiger partial charge in [-0.3, -0.25) is 0 Å². The highest BCUT2D eigenvalue weighted by atomic mass is 32.1. The van der Waals surface area contributed by atoms with Gasteiger partial charge in [0.2, 0.25) is 0 Å². The summed E-state index contributed by atoms with van der Waals surface area (Å²) in [5.74, 6) is 0.922. The summed E-state index contributed by atoms with van der Waals surface area (Å²) in [5, 5.41) is 3.51. The SMILES string of the molecule is COc1cccc(-c2cc3c(s2)CC(C)NC3)c1. The van der Waals surface area contributed by atoms with Gasteiger partial charge in [-0.1, -0.05) is 12.1 Å². The van der Waals surface area contributed by atoms with Crippen LogP contribution < -0.4 is 10.1 Å². The molecule has 1 aliphatic heterocycles. The van der Waals surface area contributed by atoms with Gasteiger partial charge in [-0.2, -0.15) is 0 Å². The fourth-order valence-electron chi connectivity index (χ4n) is 2.34. The van der Waals surface area contributed by atoms with Crippen molar-refractivity contribution in [3.05, 3.63) is 40.8 Å². The zero-order chi connectivity index (χ0) is 12.5. The normalized spacial score (nSPS) is 18.4. The van der Waals surface area contributed by atoms with Gasteiger partial charge in [0.1, 0.15) is 5.75 Å². The van der Waals surface area contributed by atoms with E-state index < -0.39 is 0 Å². The van der Waals surface area contributed by atoms with E-state index in [0.717, 1.165) is 18.7 Å². The van der Waals surface area contributed by atoms with E-state index >= 15 is 0 Å². The first-order valence-electron chi connectivity index (χ1n) is 6.25. The Morgan fingerprint density at radius 2 is 2.22 bits per heavy atom. The predicted molar refractivity (Wildman–Crippen MR) is 76.3 cm³/mol. The molecule has 0 amide bonds. The van der Waals surface area contributed by atoms with Crippen LogP contribution in [0.25, 0.3) is 10.4 Å². The molecule has 0 saturated heterocycles. The van der Waals surface area contributed by atoms with Crippen LogP contribution in [0.2, 0.25) is 0 Å². The molecule has 0 fully saturated rings. The molecule has 0 saturated carbocycles. The summed E-state index contributed by atoms with van der Waals surface area (Å²) in [6, 6.07) is 11.2. The van der Waals surface area contributed by atoms with Gasteiger partial charge < -0.3 is 10.1 Å². The fraction of sp³-hybridized carbons (Fsp3) is 0.333. The number of nitrogens with one attached hydrogen (secondary N) is 1. The number of rotatable bonds is 2. The summed E-state index contributed by atoms with van der Waals surface area (Å²) in [6.07, 6.45) is 1.14. The van der Waals surface area contributed by atoms with E-state index in [0.29, 0.717) is 6.04 Å². The van der Waals surface area contributed by atoms with Gasteiger partial charge in [0.25, 0.3) is 0 Å². The molecule has 1 atom stereocenters. The first kappa shape index (κ1) is 11.8. The maximum absolute atomic E-state index is 5.29. The molecule has 3 rings (SSSR count). The number of hydrogen-bond donors (Lipinski definition) is 1. The highest BCUT2D eigenvalue weighted by Crippen LogP contribution is 2.35. The first-order valence-corrected chi connectivity index (χ1v) is 7.07. The maximum atomic E-state index is 5.29. The zero-order valence-electron chi connectivity index (χ0n) is 10.7. The smallest absolute Gasteiger partial charge is 0.119 e. The molecule has 0 radical (unpaired) electrons. The number of methoxy groups -OCH3 is 1. The van der Waals surface area contributed by atoms with Gasteiger partial charge in [0, 0.05) is 22.3 Å². The lowest BCUT2D eigenvalue weighted by atomic mass is 10.0. The molecule has 2 heterocycles. The molecule has 1 aliphatic rings. The molecule has 18 heavy (non-hydrogen) atoms. The standard InChI is InChI=1S/C15H17NOS/c1-10-6-14-12(9-16-10)8-15(18-14)11-4-3-5-13(7-11)17-2/h3-5,7-8,10,16H,6,9H2,1-2H3. The minimum absolute atomic E-state index is 0.592. The van der Waals surface area contributed by atoms with Gasteiger partial charge in [-0.05, 0) is 42.7 Å². The Morgan fingerprint density at radius 1 is 1.33 bits per heavy atom. The predicted octanol–water partition coefficient (Wildman–Crippen LogP) is 3.46. The average Bonchev–Trinajstić information content (AvgIpc) is 2.81. The number of fused-ring (bicyclic) bond motifs is 1. The molecule has 1 aromatic heterocycles. The molecule has 0 spiro atoms. The van der Waals surface area contributed by atoms with Crippen molar-refractivity contribution in [1.29, 1.82) is 0 Å². The molecule has 1 unspecified atom stereocenters. The summed E-state index contributed by atoms with van der Waals surface area (Å²) in [6.45, 7) is 3.24. The molecule has 3 heteroatoms. The lowest BCUT2D eigenvalue weighted by Gasteiger charge is -2.19.